The molecule has 1 aliphatic heterocycles. The van der Waals surface area contributed by atoms with E-state index in [0.717, 1.165) is 38.3 Å². The molecule has 7 nitrogen and oxygen atoms in total. The van der Waals surface area contributed by atoms with Crippen molar-refractivity contribution in [3.63, 3.8) is 0 Å². The van der Waals surface area contributed by atoms with Crippen molar-refractivity contribution in [1.29, 1.82) is 0 Å². The second-order valence-electron chi connectivity index (χ2n) is 10.7. The van der Waals surface area contributed by atoms with Crippen molar-refractivity contribution in [2.24, 2.45) is 0 Å². The Morgan fingerprint density at radius 1 is 0.930 bits per heavy atom. The Balaban J connectivity index is 1.11. The summed E-state index contributed by atoms with van der Waals surface area (Å²) in [7, 11) is 2.12. The van der Waals surface area contributed by atoms with Crippen molar-refractivity contribution in [2.75, 3.05) is 46.4 Å². The van der Waals surface area contributed by atoms with Crippen LogP contribution in [0.4, 0.5) is 8.78 Å². The van der Waals surface area contributed by atoms with Gasteiger partial charge in [0.1, 0.15) is 36.3 Å². The Hall–Kier alpha value is -4.34. The zero-order valence-electron chi connectivity index (χ0n) is 24.3. The van der Waals surface area contributed by atoms with Crippen LogP contribution in [0, 0.1) is 11.6 Å². The van der Waals surface area contributed by atoms with Crippen LogP contribution >= 0.6 is 0 Å². The maximum Gasteiger partial charge on any atom is 0.226 e. The van der Waals surface area contributed by atoms with E-state index >= 15 is 0 Å². The molecule has 1 fully saturated rings. The first-order chi connectivity index (χ1) is 20.9. The second-order valence-corrected chi connectivity index (χ2v) is 10.7. The molecule has 0 unspecified atom stereocenters. The average molecular weight is 587 g/mol. The number of carbonyl (C=O) groups excluding carboxylic acids is 1. The van der Waals surface area contributed by atoms with E-state index in [2.05, 4.69) is 27.1 Å². The molecule has 3 aromatic carbocycles. The number of amides is 1. The number of benzene rings is 3. The summed E-state index contributed by atoms with van der Waals surface area (Å²) in [5, 5.41) is 2.81. The molecule has 0 saturated carbocycles. The molecule has 4 aromatic rings. The fraction of sp³-hybridized carbons (Fsp3) is 0.294. The van der Waals surface area contributed by atoms with E-state index in [4.69, 9.17) is 9.47 Å². The van der Waals surface area contributed by atoms with Gasteiger partial charge in [-0.2, -0.15) is 0 Å². The maximum absolute atomic E-state index is 14.9. The van der Waals surface area contributed by atoms with Gasteiger partial charge in [-0.05, 0) is 49.0 Å². The van der Waals surface area contributed by atoms with Crippen LogP contribution < -0.4 is 14.8 Å². The normalized spacial score (nSPS) is 13.9. The van der Waals surface area contributed by atoms with Gasteiger partial charge in [0.25, 0.3) is 0 Å². The number of piperazine rings is 1. The van der Waals surface area contributed by atoms with Crippen LogP contribution in [0.3, 0.4) is 0 Å². The number of carbonyl (C=O) groups is 1. The summed E-state index contributed by atoms with van der Waals surface area (Å²) < 4.78 is 40.5. The number of nitrogens with one attached hydrogen (secondary N) is 1. The SMILES string of the molecule is CN1CCN(CCOc2ccc(-c3ccc(CC(=O)NCc4cc(F)ccc4OCc4ccccc4)nc3)c(F)c2)CC1. The van der Waals surface area contributed by atoms with E-state index in [1.165, 1.54) is 18.2 Å². The van der Waals surface area contributed by atoms with E-state index in [9.17, 15) is 13.6 Å². The first kappa shape index (κ1) is 30.1. The lowest BCUT2D eigenvalue weighted by atomic mass is 10.1. The van der Waals surface area contributed by atoms with Crippen LogP contribution in [0.5, 0.6) is 11.5 Å². The molecule has 1 N–H and O–H groups in total. The molecule has 224 valence electrons. The summed E-state index contributed by atoms with van der Waals surface area (Å²) in [5.74, 6) is -0.0938. The van der Waals surface area contributed by atoms with Crippen LogP contribution in [0.15, 0.2) is 85.1 Å². The highest BCUT2D eigenvalue weighted by molar-refractivity contribution is 5.78. The molecule has 43 heavy (non-hydrogen) atoms. The third kappa shape index (κ3) is 8.83. The molecule has 0 bridgehead atoms. The molecule has 0 aliphatic carbocycles. The quantitative estimate of drug-likeness (QED) is 0.250. The maximum atomic E-state index is 14.9. The lowest BCUT2D eigenvalue weighted by Crippen LogP contribution is -2.45. The number of aromatic nitrogens is 1. The Morgan fingerprint density at radius 3 is 2.49 bits per heavy atom. The largest absolute Gasteiger partial charge is 0.492 e. The van der Waals surface area contributed by atoms with Gasteiger partial charge >= 0.3 is 0 Å². The number of halogens is 2. The first-order valence-electron chi connectivity index (χ1n) is 14.4. The molecule has 0 atom stereocenters. The van der Waals surface area contributed by atoms with Crippen LogP contribution in [0.1, 0.15) is 16.8 Å². The summed E-state index contributed by atoms with van der Waals surface area (Å²) in [6.45, 7) is 5.85. The summed E-state index contributed by atoms with van der Waals surface area (Å²) in [5.41, 5.74) is 3.06. The molecule has 1 aromatic heterocycles. The van der Waals surface area contributed by atoms with Crippen LogP contribution in [0.2, 0.25) is 0 Å². The first-order valence-corrected chi connectivity index (χ1v) is 14.4. The summed E-state index contributed by atoms with van der Waals surface area (Å²) in [6, 6.07) is 22.2. The van der Waals surface area contributed by atoms with Gasteiger partial charge in [-0.1, -0.05) is 36.4 Å². The van der Waals surface area contributed by atoms with Crippen molar-refractivity contribution in [3.8, 4) is 22.6 Å². The molecule has 5 rings (SSSR count). The number of pyridine rings is 1. The zero-order valence-corrected chi connectivity index (χ0v) is 24.3. The molecular formula is C34H36F2N4O3. The highest BCUT2D eigenvalue weighted by atomic mass is 19.1. The number of ether oxygens (including phenoxy) is 2. The summed E-state index contributed by atoms with van der Waals surface area (Å²) >= 11 is 0. The highest BCUT2D eigenvalue weighted by Gasteiger charge is 2.14. The highest BCUT2D eigenvalue weighted by Crippen LogP contribution is 2.26. The summed E-state index contributed by atoms with van der Waals surface area (Å²) in [6.07, 6.45) is 1.58. The van der Waals surface area contributed by atoms with Gasteiger partial charge in [-0.25, -0.2) is 8.78 Å². The minimum atomic E-state index is -0.411. The van der Waals surface area contributed by atoms with Crippen LogP contribution in [0.25, 0.3) is 11.1 Å². The zero-order chi connectivity index (χ0) is 30.0. The third-order valence-electron chi connectivity index (χ3n) is 7.43. The number of likely N-dealkylation sites (N-methyl/N-ethyl adjacent to an activating group) is 1. The van der Waals surface area contributed by atoms with Gasteiger partial charge < -0.3 is 19.7 Å². The van der Waals surface area contributed by atoms with E-state index in [0.29, 0.717) is 47.1 Å². The number of rotatable bonds is 12. The van der Waals surface area contributed by atoms with E-state index in [1.807, 2.05) is 30.3 Å². The molecule has 0 spiro atoms. The molecule has 1 saturated heterocycles. The van der Waals surface area contributed by atoms with Gasteiger partial charge in [-0.15, -0.1) is 0 Å². The van der Waals surface area contributed by atoms with Crippen molar-refractivity contribution in [1.82, 2.24) is 20.1 Å². The van der Waals surface area contributed by atoms with Crippen LogP contribution in [-0.2, 0) is 24.4 Å². The standard InChI is InChI=1S/C34H36F2N4O3/c1-39-13-15-40(16-14-39)17-18-42-30-10-11-31(32(36)21-30)26-7-9-29(37-22-26)20-34(41)38-23-27-19-28(35)8-12-33(27)43-24-25-5-3-2-4-6-25/h2-12,19,21-22H,13-18,20,23-24H2,1H3,(H,38,41). The lowest BCUT2D eigenvalue weighted by Gasteiger charge is -2.32. The van der Waals surface area contributed by atoms with Gasteiger partial charge in [0.15, 0.2) is 0 Å². The minimum absolute atomic E-state index is 0.0262. The molecular weight excluding hydrogens is 550 g/mol. The monoisotopic (exact) mass is 586 g/mol. The van der Waals surface area contributed by atoms with Gasteiger partial charge in [0.2, 0.25) is 5.91 Å². The van der Waals surface area contributed by atoms with Crippen molar-refractivity contribution < 1.29 is 23.0 Å². The van der Waals surface area contributed by atoms with Crippen molar-refractivity contribution in [2.45, 2.75) is 19.6 Å². The van der Waals surface area contributed by atoms with E-state index in [1.54, 1.807) is 36.5 Å². The Morgan fingerprint density at radius 2 is 1.74 bits per heavy atom. The third-order valence-corrected chi connectivity index (χ3v) is 7.43. The Labute approximate surface area is 251 Å². The van der Waals surface area contributed by atoms with Gasteiger partial charge in [-0.3, -0.25) is 14.7 Å². The molecule has 9 heteroatoms. The Kier molecular flexibility index (Phi) is 10.3. The second kappa shape index (κ2) is 14.7. The molecule has 1 amide bonds. The predicted molar refractivity (Wildman–Crippen MR) is 162 cm³/mol. The fourth-order valence-corrected chi connectivity index (χ4v) is 4.86. The lowest BCUT2D eigenvalue weighted by molar-refractivity contribution is -0.120. The number of nitrogens with zero attached hydrogens (tertiary/aromatic N) is 3. The fourth-order valence-electron chi connectivity index (χ4n) is 4.86. The smallest absolute Gasteiger partial charge is 0.226 e. The molecule has 0 radical (unpaired) electrons. The molecule has 2 heterocycles. The van der Waals surface area contributed by atoms with E-state index in [-0.39, 0.29) is 18.9 Å². The topological polar surface area (TPSA) is 66.9 Å². The Bertz CT molecular complexity index is 1490. The number of hydrogen-bond donors (Lipinski definition) is 1. The van der Waals surface area contributed by atoms with Crippen LogP contribution in [-0.4, -0.2) is 67.1 Å². The average Bonchev–Trinajstić information content (AvgIpc) is 3.02. The van der Waals surface area contributed by atoms with Crippen molar-refractivity contribution >= 4 is 5.91 Å². The van der Waals surface area contributed by atoms with Crippen molar-refractivity contribution in [3.05, 3.63) is 114 Å². The van der Waals surface area contributed by atoms with Gasteiger partial charge in [0, 0.05) is 73.9 Å². The predicted octanol–water partition coefficient (Wildman–Crippen LogP) is 5.09. The molecule has 1 aliphatic rings. The minimum Gasteiger partial charge on any atom is -0.492 e. The number of hydrogen-bond acceptors (Lipinski definition) is 6. The summed E-state index contributed by atoms with van der Waals surface area (Å²) in [4.78, 5) is 21.7. The van der Waals surface area contributed by atoms with E-state index < -0.39 is 11.6 Å². The van der Waals surface area contributed by atoms with Gasteiger partial charge in [0.05, 0.1) is 6.42 Å².